The van der Waals surface area contributed by atoms with Gasteiger partial charge in [0, 0.05) is 23.5 Å². The second kappa shape index (κ2) is 5.47. The van der Waals surface area contributed by atoms with Crippen LogP contribution < -0.4 is 5.32 Å². The molecule has 1 fully saturated rings. The normalized spacial score (nSPS) is 26.6. The average molecular weight is 298 g/mol. The minimum atomic E-state index is 0.693. The van der Waals surface area contributed by atoms with Gasteiger partial charge in [-0.3, -0.25) is 0 Å². The fourth-order valence-corrected chi connectivity index (χ4v) is 3.77. The highest BCUT2D eigenvalue weighted by Gasteiger charge is 2.32. The molecular weight excluding hydrogens is 278 g/mol. The number of benzene rings is 2. The van der Waals surface area contributed by atoms with E-state index in [9.17, 15) is 0 Å². The van der Waals surface area contributed by atoms with E-state index in [4.69, 9.17) is 11.6 Å². The predicted octanol–water partition coefficient (Wildman–Crippen LogP) is 4.52. The lowest BCUT2D eigenvalue weighted by molar-refractivity contribution is 0.283. The highest BCUT2D eigenvalue weighted by atomic mass is 35.5. The van der Waals surface area contributed by atoms with Crippen LogP contribution in [-0.2, 0) is 6.42 Å². The van der Waals surface area contributed by atoms with E-state index in [1.165, 1.54) is 30.4 Å². The van der Waals surface area contributed by atoms with E-state index in [2.05, 4.69) is 41.7 Å². The van der Waals surface area contributed by atoms with Crippen molar-refractivity contribution >= 4 is 11.6 Å². The smallest absolute Gasteiger partial charge is 0.0406 e. The van der Waals surface area contributed by atoms with Crippen LogP contribution in [-0.4, -0.2) is 12.6 Å². The summed E-state index contributed by atoms with van der Waals surface area (Å²) >= 11 is 5.94. The quantitative estimate of drug-likeness (QED) is 0.875. The van der Waals surface area contributed by atoms with Crippen LogP contribution in [0, 0.1) is 0 Å². The molecule has 2 aromatic carbocycles. The van der Waals surface area contributed by atoms with Gasteiger partial charge >= 0.3 is 0 Å². The van der Waals surface area contributed by atoms with Crippen LogP contribution in [0.1, 0.15) is 41.4 Å². The Balaban J connectivity index is 1.25. The second-order valence-electron chi connectivity index (χ2n) is 6.42. The van der Waals surface area contributed by atoms with Crippen molar-refractivity contribution in [3.05, 3.63) is 70.2 Å². The fraction of sp³-hybridized carbons (Fsp3) is 0.368. The van der Waals surface area contributed by atoms with Crippen molar-refractivity contribution in [1.29, 1.82) is 0 Å². The summed E-state index contributed by atoms with van der Waals surface area (Å²) in [6.45, 7) is 1.13. The molecule has 0 radical (unpaired) electrons. The Morgan fingerprint density at radius 1 is 1.00 bits per heavy atom. The van der Waals surface area contributed by atoms with E-state index in [1.807, 2.05) is 12.1 Å². The SMILES string of the molecule is Clc1ccc(C2CC(NCC3Cc4ccccc43)C2)cc1. The van der Waals surface area contributed by atoms with Gasteiger partial charge in [-0.05, 0) is 54.0 Å². The molecule has 1 saturated carbocycles. The third-order valence-corrected chi connectivity index (χ3v) is 5.35. The van der Waals surface area contributed by atoms with Crippen molar-refractivity contribution < 1.29 is 0 Å². The summed E-state index contributed by atoms with van der Waals surface area (Å²) in [5, 5.41) is 4.58. The zero-order valence-electron chi connectivity index (χ0n) is 12.1. The minimum Gasteiger partial charge on any atom is -0.313 e. The molecule has 1 atom stereocenters. The molecule has 0 aliphatic heterocycles. The van der Waals surface area contributed by atoms with Crippen molar-refractivity contribution in [3.63, 3.8) is 0 Å². The largest absolute Gasteiger partial charge is 0.313 e. The van der Waals surface area contributed by atoms with Crippen molar-refractivity contribution in [2.24, 2.45) is 0 Å². The van der Waals surface area contributed by atoms with Gasteiger partial charge in [0.1, 0.15) is 0 Å². The molecule has 2 heteroatoms. The molecular formula is C19H20ClN. The topological polar surface area (TPSA) is 12.0 Å². The summed E-state index contributed by atoms with van der Waals surface area (Å²) in [5.74, 6) is 1.45. The fourth-order valence-electron chi connectivity index (χ4n) is 3.65. The summed E-state index contributed by atoms with van der Waals surface area (Å²) in [4.78, 5) is 0. The maximum atomic E-state index is 5.94. The summed E-state index contributed by atoms with van der Waals surface area (Å²) in [6, 6.07) is 17.9. The van der Waals surface area contributed by atoms with Crippen LogP contribution >= 0.6 is 11.6 Å². The van der Waals surface area contributed by atoms with E-state index in [0.717, 1.165) is 17.5 Å². The number of halogens is 1. The van der Waals surface area contributed by atoms with Crippen molar-refractivity contribution in [3.8, 4) is 0 Å². The molecule has 21 heavy (non-hydrogen) atoms. The lowest BCUT2D eigenvalue weighted by atomic mass is 9.74. The van der Waals surface area contributed by atoms with Gasteiger partial charge < -0.3 is 5.32 Å². The molecule has 0 spiro atoms. The molecule has 108 valence electrons. The number of hydrogen-bond acceptors (Lipinski definition) is 1. The maximum absolute atomic E-state index is 5.94. The third kappa shape index (κ3) is 2.61. The Labute approximate surface area is 131 Å². The first-order valence-corrected chi connectivity index (χ1v) is 8.24. The Hall–Kier alpha value is -1.31. The molecule has 0 aromatic heterocycles. The van der Waals surface area contributed by atoms with Gasteiger partial charge in [0.25, 0.3) is 0 Å². The monoisotopic (exact) mass is 297 g/mol. The number of fused-ring (bicyclic) bond motifs is 1. The van der Waals surface area contributed by atoms with E-state index in [0.29, 0.717) is 12.0 Å². The zero-order chi connectivity index (χ0) is 14.2. The summed E-state index contributed by atoms with van der Waals surface area (Å²) in [6.07, 6.45) is 3.77. The minimum absolute atomic E-state index is 0.693. The van der Waals surface area contributed by atoms with Crippen LogP contribution in [0.5, 0.6) is 0 Å². The highest BCUT2D eigenvalue weighted by molar-refractivity contribution is 6.30. The Bertz CT molecular complexity index is 628. The predicted molar refractivity (Wildman–Crippen MR) is 88.1 cm³/mol. The average Bonchev–Trinajstić information content (AvgIpc) is 2.43. The van der Waals surface area contributed by atoms with Crippen LogP contribution in [0.25, 0.3) is 0 Å². The maximum Gasteiger partial charge on any atom is 0.0406 e. The standard InChI is InChI=1S/C19H20ClN/c20-17-7-5-13(6-8-17)15-10-18(11-15)21-12-16-9-14-3-1-2-4-19(14)16/h1-8,15-16,18,21H,9-12H2. The Morgan fingerprint density at radius 2 is 1.76 bits per heavy atom. The van der Waals surface area contributed by atoms with Gasteiger partial charge in [0.15, 0.2) is 0 Å². The van der Waals surface area contributed by atoms with Gasteiger partial charge in [-0.2, -0.15) is 0 Å². The van der Waals surface area contributed by atoms with Gasteiger partial charge in [0.05, 0.1) is 0 Å². The summed E-state index contributed by atoms with van der Waals surface area (Å²) in [5.41, 5.74) is 4.53. The van der Waals surface area contributed by atoms with Crippen molar-refractivity contribution in [2.75, 3.05) is 6.54 Å². The van der Waals surface area contributed by atoms with Crippen molar-refractivity contribution in [2.45, 2.75) is 37.1 Å². The van der Waals surface area contributed by atoms with Gasteiger partial charge in [-0.1, -0.05) is 48.0 Å². The molecule has 0 heterocycles. The van der Waals surface area contributed by atoms with Gasteiger partial charge in [-0.25, -0.2) is 0 Å². The highest BCUT2D eigenvalue weighted by Crippen LogP contribution is 2.39. The Kier molecular flexibility index (Phi) is 3.48. The molecule has 2 aromatic rings. The Morgan fingerprint density at radius 3 is 2.52 bits per heavy atom. The molecule has 0 amide bonds. The first kappa shape index (κ1) is 13.4. The van der Waals surface area contributed by atoms with Crippen LogP contribution in [0.4, 0.5) is 0 Å². The van der Waals surface area contributed by atoms with E-state index in [1.54, 1.807) is 5.56 Å². The molecule has 1 N–H and O–H groups in total. The van der Waals surface area contributed by atoms with E-state index in [-0.39, 0.29) is 0 Å². The number of rotatable bonds is 4. The van der Waals surface area contributed by atoms with Gasteiger partial charge in [0.2, 0.25) is 0 Å². The lowest BCUT2D eigenvalue weighted by Crippen LogP contribution is -2.43. The summed E-state index contributed by atoms with van der Waals surface area (Å²) in [7, 11) is 0. The summed E-state index contributed by atoms with van der Waals surface area (Å²) < 4.78 is 0. The van der Waals surface area contributed by atoms with E-state index < -0.39 is 0 Å². The molecule has 4 rings (SSSR count). The molecule has 0 saturated heterocycles. The lowest BCUT2D eigenvalue weighted by Gasteiger charge is -2.39. The van der Waals surface area contributed by atoms with Gasteiger partial charge in [-0.15, -0.1) is 0 Å². The molecule has 0 bridgehead atoms. The molecule has 1 nitrogen and oxygen atoms in total. The second-order valence-corrected chi connectivity index (χ2v) is 6.86. The molecule has 2 aliphatic carbocycles. The molecule has 2 aliphatic rings. The third-order valence-electron chi connectivity index (χ3n) is 5.09. The zero-order valence-corrected chi connectivity index (χ0v) is 12.8. The first-order valence-electron chi connectivity index (χ1n) is 7.86. The van der Waals surface area contributed by atoms with Crippen LogP contribution in [0.3, 0.4) is 0 Å². The van der Waals surface area contributed by atoms with Crippen LogP contribution in [0.15, 0.2) is 48.5 Å². The first-order chi connectivity index (χ1) is 10.3. The molecule has 1 unspecified atom stereocenters. The van der Waals surface area contributed by atoms with Crippen molar-refractivity contribution in [1.82, 2.24) is 5.32 Å². The number of hydrogen-bond donors (Lipinski definition) is 1. The van der Waals surface area contributed by atoms with Crippen LogP contribution in [0.2, 0.25) is 5.02 Å². The number of nitrogens with one attached hydrogen (secondary N) is 1. The van der Waals surface area contributed by atoms with E-state index >= 15 is 0 Å².